The van der Waals surface area contributed by atoms with Gasteiger partial charge in [-0.3, -0.25) is 0 Å². The monoisotopic (exact) mass is 338 g/mol. The van der Waals surface area contributed by atoms with Crippen molar-refractivity contribution in [3.05, 3.63) is 63.6 Å². The maximum Gasteiger partial charge on any atom is 0.171 e. The predicted molar refractivity (Wildman–Crippen MR) is 95.4 cm³/mol. The smallest absolute Gasteiger partial charge is 0.171 e. The van der Waals surface area contributed by atoms with Gasteiger partial charge in [0.2, 0.25) is 0 Å². The number of anilines is 1. The minimum Gasteiger partial charge on any atom is -0.356 e. The summed E-state index contributed by atoms with van der Waals surface area (Å²) in [5, 5.41) is 8.22. The van der Waals surface area contributed by atoms with Crippen LogP contribution in [0.5, 0.6) is 0 Å². The highest BCUT2D eigenvalue weighted by molar-refractivity contribution is 7.80. The van der Waals surface area contributed by atoms with E-state index in [9.17, 15) is 0 Å². The molecular weight excluding hydrogens is 323 g/mol. The Labute approximate surface area is 140 Å². The van der Waals surface area contributed by atoms with Gasteiger partial charge < -0.3 is 10.6 Å². The largest absolute Gasteiger partial charge is 0.356 e. The molecule has 5 heteroatoms. The molecule has 0 radical (unpaired) electrons. The van der Waals surface area contributed by atoms with Gasteiger partial charge in [-0.2, -0.15) is 0 Å². The molecule has 0 aliphatic heterocycles. The average Bonchev–Trinajstić information content (AvgIpc) is 2.41. The first kappa shape index (κ1) is 16.1. The molecule has 0 spiro atoms. The molecule has 21 heavy (non-hydrogen) atoms. The van der Waals surface area contributed by atoms with E-state index in [0.29, 0.717) is 15.2 Å². The number of halogens is 2. The van der Waals surface area contributed by atoms with Crippen molar-refractivity contribution in [2.24, 2.45) is 0 Å². The summed E-state index contributed by atoms with van der Waals surface area (Å²) in [6.45, 7) is 4.03. The fourth-order valence-corrected chi connectivity index (χ4v) is 2.86. The van der Waals surface area contributed by atoms with Crippen LogP contribution in [0, 0.1) is 6.92 Å². The first-order valence-electron chi connectivity index (χ1n) is 6.55. The topological polar surface area (TPSA) is 24.1 Å². The molecule has 0 saturated heterocycles. The molecule has 0 amide bonds. The van der Waals surface area contributed by atoms with Crippen LogP contribution >= 0.6 is 35.4 Å². The van der Waals surface area contributed by atoms with E-state index in [1.165, 1.54) is 0 Å². The Bertz CT molecular complexity index is 658. The van der Waals surface area contributed by atoms with Crippen molar-refractivity contribution < 1.29 is 0 Å². The molecule has 2 nitrogen and oxygen atoms in total. The van der Waals surface area contributed by atoms with Crippen LogP contribution in [0.1, 0.15) is 24.1 Å². The number of aryl methyl sites for hydroxylation is 1. The molecular formula is C16H16Cl2N2S. The Morgan fingerprint density at radius 3 is 2.52 bits per heavy atom. The van der Waals surface area contributed by atoms with Gasteiger partial charge in [0.05, 0.1) is 6.04 Å². The predicted octanol–water partition coefficient (Wildman–Crippen LogP) is 5.35. The van der Waals surface area contributed by atoms with E-state index in [4.69, 9.17) is 35.4 Å². The van der Waals surface area contributed by atoms with Crippen LogP contribution < -0.4 is 10.6 Å². The van der Waals surface area contributed by atoms with Crippen molar-refractivity contribution in [1.29, 1.82) is 0 Å². The highest BCUT2D eigenvalue weighted by Crippen LogP contribution is 2.26. The summed E-state index contributed by atoms with van der Waals surface area (Å²) in [7, 11) is 0. The van der Waals surface area contributed by atoms with Gasteiger partial charge in [-0.1, -0.05) is 47.5 Å². The van der Waals surface area contributed by atoms with Crippen LogP contribution in [0.4, 0.5) is 5.69 Å². The lowest BCUT2D eigenvalue weighted by atomic mass is 10.1. The molecule has 0 unspecified atom stereocenters. The standard InChI is InChI=1S/C16H16Cl2N2S/c1-10-5-3-4-6-15(10)20-16(21)19-11(2)13-8-7-12(17)9-14(13)18/h3-9,11H,1-2H3,(H2,19,20,21)/t11-/m1/s1. The van der Waals surface area contributed by atoms with Crippen LogP contribution in [0.2, 0.25) is 10.0 Å². The van der Waals surface area contributed by atoms with Crippen LogP contribution in [-0.2, 0) is 0 Å². The maximum absolute atomic E-state index is 6.21. The molecule has 110 valence electrons. The van der Waals surface area contributed by atoms with E-state index in [1.807, 2.05) is 50.2 Å². The van der Waals surface area contributed by atoms with Crippen LogP contribution in [0.3, 0.4) is 0 Å². The van der Waals surface area contributed by atoms with Gasteiger partial charge in [0.1, 0.15) is 0 Å². The number of para-hydroxylation sites is 1. The second-order valence-electron chi connectivity index (χ2n) is 4.80. The highest BCUT2D eigenvalue weighted by Gasteiger charge is 2.11. The summed E-state index contributed by atoms with van der Waals surface area (Å²) in [5.74, 6) is 0. The summed E-state index contributed by atoms with van der Waals surface area (Å²) < 4.78 is 0. The fourth-order valence-electron chi connectivity index (χ4n) is 2.00. The van der Waals surface area contributed by atoms with Crippen molar-refractivity contribution in [3.63, 3.8) is 0 Å². The number of hydrogen-bond acceptors (Lipinski definition) is 1. The summed E-state index contributed by atoms with van der Waals surface area (Å²) in [6.07, 6.45) is 0. The molecule has 1 atom stereocenters. The third kappa shape index (κ3) is 4.34. The molecule has 0 aromatic heterocycles. The molecule has 2 aromatic rings. The number of rotatable bonds is 3. The van der Waals surface area contributed by atoms with Crippen LogP contribution in [0.25, 0.3) is 0 Å². The maximum atomic E-state index is 6.21. The molecule has 0 heterocycles. The number of thiocarbonyl (C=S) groups is 1. The Morgan fingerprint density at radius 1 is 1.14 bits per heavy atom. The van der Waals surface area contributed by atoms with Gasteiger partial charge in [-0.05, 0) is 55.4 Å². The Hall–Kier alpha value is -1.29. The number of benzene rings is 2. The lowest BCUT2D eigenvalue weighted by Gasteiger charge is -2.19. The number of hydrogen-bond donors (Lipinski definition) is 2. The minimum absolute atomic E-state index is 0.0150. The normalized spacial score (nSPS) is 11.8. The van der Waals surface area contributed by atoms with Gasteiger partial charge in [-0.15, -0.1) is 0 Å². The summed E-state index contributed by atoms with van der Waals surface area (Å²) in [5.41, 5.74) is 3.08. The Morgan fingerprint density at radius 2 is 1.86 bits per heavy atom. The van der Waals surface area contributed by atoms with Crippen molar-refractivity contribution in [1.82, 2.24) is 5.32 Å². The van der Waals surface area contributed by atoms with Gasteiger partial charge in [0, 0.05) is 15.7 Å². The van der Waals surface area contributed by atoms with E-state index < -0.39 is 0 Å². The third-order valence-corrected chi connectivity index (χ3v) is 3.95. The average molecular weight is 339 g/mol. The molecule has 2 rings (SSSR count). The summed E-state index contributed by atoms with van der Waals surface area (Å²) >= 11 is 17.5. The molecule has 0 fully saturated rings. The van der Waals surface area contributed by atoms with E-state index >= 15 is 0 Å². The Balaban J connectivity index is 2.04. The van der Waals surface area contributed by atoms with E-state index in [-0.39, 0.29) is 6.04 Å². The zero-order valence-corrected chi connectivity index (χ0v) is 14.1. The number of nitrogens with one attached hydrogen (secondary N) is 2. The molecule has 2 aromatic carbocycles. The highest BCUT2D eigenvalue weighted by atomic mass is 35.5. The van der Waals surface area contributed by atoms with Crippen LogP contribution in [-0.4, -0.2) is 5.11 Å². The van der Waals surface area contributed by atoms with Crippen LogP contribution in [0.15, 0.2) is 42.5 Å². The third-order valence-electron chi connectivity index (χ3n) is 3.17. The van der Waals surface area contributed by atoms with Crippen molar-refractivity contribution >= 4 is 46.2 Å². The minimum atomic E-state index is -0.0150. The zero-order chi connectivity index (χ0) is 15.4. The van der Waals surface area contributed by atoms with Gasteiger partial charge in [0.25, 0.3) is 0 Å². The zero-order valence-electron chi connectivity index (χ0n) is 11.8. The SMILES string of the molecule is Cc1ccccc1NC(=S)N[C@H](C)c1ccc(Cl)cc1Cl. The van der Waals surface area contributed by atoms with Crippen molar-refractivity contribution in [3.8, 4) is 0 Å². The lowest BCUT2D eigenvalue weighted by Crippen LogP contribution is -2.31. The van der Waals surface area contributed by atoms with Crippen molar-refractivity contribution in [2.75, 3.05) is 5.32 Å². The summed E-state index contributed by atoms with van der Waals surface area (Å²) in [4.78, 5) is 0. The van der Waals surface area contributed by atoms with E-state index in [2.05, 4.69) is 10.6 Å². The summed E-state index contributed by atoms with van der Waals surface area (Å²) in [6, 6.07) is 13.4. The molecule has 0 aliphatic rings. The van der Waals surface area contributed by atoms with Gasteiger partial charge in [-0.25, -0.2) is 0 Å². The fraction of sp³-hybridized carbons (Fsp3) is 0.188. The molecule has 2 N–H and O–H groups in total. The van der Waals surface area contributed by atoms with E-state index in [1.54, 1.807) is 6.07 Å². The quantitative estimate of drug-likeness (QED) is 0.737. The second kappa shape index (κ2) is 7.12. The lowest BCUT2D eigenvalue weighted by molar-refractivity contribution is 0.723. The van der Waals surface area contributed by atoms with Crippen molar-refractivity contribution in [2.45, 2.75) is 19.9 Å². The molecule has 0 aliphatic carbocycles. The van der Waals surface area contributed by atoms with E-state index in [0.717, 1.165) is 16.8 Å². The first-order valence-corrected chi connectivity index (χ1v) is 7.72. The Kier molecular flexibility index (Phi) is 5.45. The second-order valence-corrected chi connectivity index (χ2v) is 6.05. The van der Waals surface area contributed by atoms with Gasteiger partial charge >= 0.3 is 0 Å². The van der Waals surface area contributed by atoms with Gasteiger partial charge in [0.15, 0.2) is 5.11 Å². The molecule has 0 saturated carbocycles. The first-order chi connectivity index (χ1) is 9.97. The molecule has 0 bridgehead atoms.